The van der Waals surface area contributed by atoms with Gasteiger partial charge in [0.1, 0.15) is 22.2 Å². The summed E-state index contributed by atoms with van der Waals surface area (Å²) in [5.41, 5.74) is 0.666. The molecule has 2 aromatic rings. The number of pyridine rings is 1. The van der Waals surface area contributed by atoms with E-state index in [4.69, 9.17) is 0 Å². The minimum Gasteiger partial charge on any atom is -0.354 e. The molecule has 1 aromatic carbocycles. The Labute approximate surface area is 140 Å². The first-order valence-corrected chi connectivity index (χ1v) is 9.14. The molecule has 0 saturated carbocycles. The fourth-order valence-electron chi connectivity index (χ4n) is 2.26. The van der Waals surface area contributed by atoms with Crippen LogP contribution in [0.2, 0.25) is 0 Å². The molecule has 7 heteroatoms. The van der Waals surface area contributed by atoms with E-state index < -0.39 is 21.4 Å². The lowest BCUT2D eigenvalue weighted by Gasteiger charge is -2.12. The second-order valence-electron chi connectivity index (χ2n) is 5.90. The maximum Gasteiger partial charge on any atom is 0.189 e. The highest BCUT2D eigenvalue weighted by molar-refractivity contribution is 7.92. The zero-order chi connectivity index (χ0) is 17.7. The van der Waals surface area contributed by atoms with Gasteiger partial charge in [-0.2, -0.15) is 0 Å². The third-order valence-electron chi connectivity index (χ3n) is 3.21. The number of Topliss-reactive ketones (excluding diaryl/α,β-unsaturated/α-hetero) is 1. The summed E-state index contributed by atoms with van der Waals surface area (Å²) in [5, 5.41) is 2.86. The molecule has 5 nitrogen and oxygen atoms in total. The van der Waals surface area contributed by atoms with Gasteiger partial charge in [-0.05, 0) is 30.2 Å². The van der Waals surface area contributed by atoms with Crippen LogP contribution in [0.15, 0.2) is 47.6 Å². The molecule has 1 heterocycles. The lowest BCUT2D eigenvalue weighted by atomic mass is 10.1. The number of nitrogens with zero attached hydrogens (tertiary/aromatic N) is 1. The van der Waals surface area contributed by atoms with E-state index in [1.165, 1.54) is 36.7 Å². The largest absolute Gasteiger partial charge is 0.354 e. The number of hydrogen-bond acceptors (Lipinski definition) is 5. The maximum atomic E-state index is 13.3. The van der Waals surface area contributed by atoms with E-state index in [0.717, 1.165) is 0 Å². The summed E-state index contributed by atoms with van der Waals surface area (Å²) in [6, 6.07) is 7.15. The molecule has 0 aliphatic rings. The quantitative estimate of drug-likeness (QED) is 0.829. The Morgan fingerprint density at radius 2 is 2.04 bits per heavy atom. The van der Waals surface area contributed by atoms with E-state index in [1.807, 2.05) is 13.8 Å². The summed E-state index contributed by atoms with van der Waals surface area (Å²) in [4.78, 5) is 15.6. The average Bonchev–Trinajstić information content (AvgIpc) is 2.46. The van der Waals surface area contributed by atoms with Gasteiger partial charge in [-0.25, -0.2) is 12.8 Å². The average molecular weight is 349 g/mol. The predicted octanol–water partition coefficient (Wildman–Crippen LogP) is 3.35. The molecule has 0 aliphatic heterocycles. The summed E-state index contributed by atoms with van der Waals surface area (Å²) in [7, 11) is -3.83. The van der Waals surface area contributed by atoms with Gasteiger partial charge in [0.15, 0.2) is 9.84 Å². The number of hydrogen-bond donors (Lipinski definition) is 1. The van der Waals surface area contributed by atoms with E-state index in [-0.39, 0.29) is 28.7 Å². The monoisotopic (exact) mass is 349 g/mol. The van der Waals surface area contributed by atoms with Gasteiger partial charge in [-0.1, -0.05) is 19.9 Å². The first-order chi connectivity index (χ1) is 11.3. The molecule has 0 bridgehead atoms. The van der Waals surface area contributed by atoms with Crippen LogP contribution in [0.1, 0.15) is 20.3 Å². The molecular formula is C17H19FN2O3S. The standard InChI is InChI=1S/C17H19FN2O3S/c1-12(2)8-15(21)11-24(22,23)17-10-19-7-6-16(17)20-14-5-3-4-13(18)9-14/h3-7,9-10,12H,8,11H2,1-2H3,(H,19,20)/i18-1. The molecule has 0 atom stereocenters. The summed E-state index contributed by atoms with van der Waals surface area (Å²) < 4.78 is 38.3. The van der Waals surface area contributed by atoms with Crippen molar-refractivity contribution >= 4 is 27.0 Å². The number of aromatic nitrogens is 1. The molecular weight excluding hydrogens is 330 g/mol. The highest BCUT2D eigenvalue weighted by Crippen LogP contribution is 2.25. The third-order valence-corrected chi connectivity index (χ3v) is 4.91. The molecule has 1 aromatic heterocycles. The van der Waals surface area contributed by atoms with Crippen LogP contribution in [-0.4, -0.2) is 24.9 Å². The normalized spacial score (nSPS) is 11.5. The smallest absolute Gasteiger partial charge is 0.189 e. The van der Waals surface area contributed by atoms with Crippen LogP contribution in [0.3, 0.4) is 0 Å². The van der Waals surface area contributed by atoms with Crippen LogP contribution in [0.25, 0.3) is 0 Å². The minimum atomic E-state index is -3.83. The summed E-state index contributed by atoms with van der Waals surface area (Å²) in [6.45, 7) is 3.71. The van der Waals surface area contributed by atoms with E-state index in [9.17, 15) is 17.6 Å². The number of carbonyl (C=O) groups excluding carboxylic acids is 1. The summed E-state index contributed by atoms with van der Waals surface area (Å²) in [5.74, 6) is -1.27. The lowest BCUT2D eigenvalue weighted by Crippen LogP contribution is -2.18. The molecule has 2 rings (SSSR count). The van der Waals surface area contributed by atoms with Gasteiger partial charge < -0.3 is 5.32 Å². The van der Waals surface area contributed by atoms with E-state index in [1.54, 1.807) is 6.07 Å². The first kappa shape index (κ1) is 18.1. The van der Waals surface area contributed by atoms with E-state index in [0.29, 0.717) is 5.69 Å². The molecule has 128 valence electrons. The number of nitrogens with one attached hydrogen (secondary N) is 1. The van der Waals surface area contributed by atoms with Crippen LogP contribution in [-0.2, 0) is 14.6 Å². The molecule has 0 fully saturated rings. The van der Waals surface area contributed by atoms with Crippen molar-refractivity contribution in [3.8, 4) is 0 Å². The molecule has 0 amide bonds. The minimum absolute atomic E-state index is 0.0774. The Kier molecular flexibility index (Phi) is 5.66. The number of benzene rings is 1. The van der Waals surface area contributed by atoms with Crippen molar-refractivity contribution in [1.29, 1.82) is 0 Å². The molecule has 0 saturated heterocycles. The number of sulfone groups is 1. The van der Waals surface area contributed by atoms with Crippen LogP contribution in [0.5, 0.6) is 0 Å². The summed E-state index contributed by atoms with van der Waals surface area (Å²) in [6.07, 6.45) is 2.82. The van der Waals surface area contributed by atoms with Crippen molar-refractivity contribution in [2.45, 2.75) is 25.2 Å². The Bertz CT molecular complexity index is 835. The van der Waals surface area contributed by atoms with Gasteiger partial charge in [0.2, 0.25) is 0 Å². The van der Waals surface area contributed by atoms with Crippen LogP contribution in [0.4, 0.5) is 15.8 Å². The number of carbonyl (C=O) groups is 1. The lowest BCUT2D eigenvalue weighted by molar-refractivity contribution is -0.117. The SMILES string of the molecule is CC(C)CC(=O)CS(=O)(=O)c1cnccc1Nc1cccc([18F])c1. The number of rotatable bonds is 7. The third kappa shape index (κ3) is 4.86. The Balaban J connectivity index is 2.29. The Morgan fingerprint density at radius 3 is 2.71 bits per heavy atom. The van der Waals surface area contributed by atoms with Gasteiger partial charge in [-0.15, -0.1) is 0 Å². The number of anilines is 2. The number of halogens is 1. The maximum absolute atomic E-state index is 13.3. The van der Waals surface area contributed by atoms with Crippen molar-refractivity contribution < 1.29 is 17.6 Å². The van der Waals surface area contributed by atoms with Crippen LogP contribution >= 0.6 is 0 Å². The van der Waals surface area contributed by atoms with Crippen molar-refractivity contribution in [3.05, 3.63) is 48.5 Å². The Hall–Kier alpha value is -2.28. The van der Waals surface area contributed by atoms with Gasteiger partial charge in [0.05, 0.1) is 5.69 Å². The van der Waals surface area contributed by atoms with Crippen molar-refractivity contribution in [2.24, 2.45) is 5.92 Å². The van der Waals surface area contributed by atoms with Crippen LogP contribution < -0.4 is 5.32 Å². The van der Waals surface area contributed by atoms with Crippen molar-refractivity contribution in [1.82, 2.24) is 4.98 Å². The van der Waals surface area contributed by atoms with Crippen LogP contribution in [0, 0.1) is 11.7 Å². The molecule has 0 spiro atoms. The highest BCUT2D eigenvalue weighted by atomic mass is 32.2. The topological polar surface area (TPSA) is 76.1 Å². The zero-order valence-electron chi connectivity index (χ0n) is 13.5. The zero-order valence-corrected chi connectivity index (χ0v) is 14.3. The van der Waals surface area contributed by atoms with Gasteiger partial charge in [-0.3, -0.25) is 9.78 Å². The fraction of sp³-hybridized carbons (Fsp3) is 0.294. The predicted molar refractivity (Wildman–Crippen MR) is 90.4 cm³/mol. The molecule has 1 N–H and O–H groups in total. The molecule has 24 heavy (non-hydrogen) atoms. The van der Waals surface area contributed by atoms with Crippen molar-refractivity contribution in [2.75, 3.05) is 11.1 Å². The van der Waals surface area contributed by atoms with Gasteiger partial charge in [0, 0.05) is 24.5 Å². The second-order valence-corrected chi connectivity index (χ2v) is 7.86. The molecule has 0 radical (unpaired) electrons. The first-order valence-electron chi connectivity index (χ1n) is 7.49. The fourth-order valence-corrected chi connectivity index (χ4v) is 3.63. The summed E-state index contributed by atoms with van der Waals surface area (Å²) >= 11 is 0. The number of ketones is 1. The van der Waals surface area contributed by atoms with Gasteiger partial charge >= 0.3 is 0 Å². The highest BCUT2D eigenvalue weighted by Gasteiger charge is 2.23. The van der Waals surface area contributed by atoms with Crippen molar-refractivity contribution in [3.63, 3.8) is 0 Å². The van der Waals surface area contributed by atoms with E-state index in [2.05, 4.69) is 10.3 Å². The second kappa shape index (κ2) is 7.53. The Morgan fingerprint density at radius 1 is 1.29 bits per heavy atom. The molecule has 0 unspecified atom stereocenters. The molecule has 0 aliphatic carbocycles. The van der Waals surface area contributed by atoms with E-state index >= 15 is 0 Å². The van der Waals surface area contributed by atoms with Gasteiger partial charge in [0.25, 0.3) is 0 Å².